The SMILES string of the molecule is CCCCNC(=O)Nc1cccc(C#Cc2cc(C(C)(C)C)cc3c2[nH]c2c3ccc3c4cc(C(C)(C)C)cc(I)c4[nH]c32)c1. The van der Waals surface area contributed by atoms with Gasteiger partial charge in [-0.1, -0.05) is 84.9 Å². The summed E-state index contributed by atoms with van der Waals surface area (Å²) < 4.78 is 1.23. The molecule has 4 aromatic carbocycles. The third-order valence-electron chi connectivity index (χ3n) is 8.52. The second kappa shape index (κ2) is 11.8. The van der Waals surface area contributed by atoms with Crippen LogP contribution in [0.15, 0.2) is 60.7 Å². The van der Waals surface area contributed by atoms with Crippen molar-refractivity contribution in [3.63, 3.8) is 0 Å². The molecule has 0 fully saturated rings. The molecule has 0 bridgehead atoms. The number of nitrogens with one attached hydrogen (secondary N) is 4. The molecule has 6 rings (SSSR count). The van der Waals surface area contributed by atoms with E-state index in [1.54, 1.807) is 0 Å². The molecule has 0 aliphatic heterocycles. The molecular weight excluding hydrogens is 667 g/mol. The maximum absolute atomic E-state index is 12.3. The molecule has 0 atom stereocenters. The van der Waals surface area contributed by atoms with Gasteiger partial charge >= 0.3 is 6.03 Å². The van der Waals surface area contributed by atoms with E-state index in [1.807, 2.05) is 24.3 Å². The van der Waals surface area contributed by atoms with Crippen molar-refractivity contribution < 1.29 is 4.79 Å². The molecule has 45 heavy (non-hydrogen) atoms. The van der Waals surface area contributed by atoms with Crippen LogP contribution in [0.2, 0.25) is 0 Å². The van der Waals surface area contributed by atoms with Gasteiger partial charge in [-0.25, -0.2) is 4.79 Å². The van der Waals surface area contributed by atoms with Crippen LogP contribution in [0.25, 0.3) is 43.6 Å². The monoisotopic (exact) mass is 708 g/mol. The molecule has 0 aliphatic carbocycles. The quantitative estimate of drug-likeness (QED) is 0.0822. The first-order valence-corrected chi connectivity index (χ1v) is 16.8. The van der Waals surface area contributed by atoms with Gasteiger partial charge in [-0.05, 0) is 93.4 Å². The number of urea groups is 1. The summed E-state index contributed by atoms with van der Waals surface area (Å²) in [5.41, 5.74) is 9.54. The van der Waals surface area contributed by atoms with Crippen molar-refractivity contribution in [1.82, 2.24) is 15.3 Å². The third-order valence-corrected chi connectivity index (χ3v) is 9.37. The normalized spacial score (nSPS) is 12.2. The highest BCUT2D eigenvalue weighted by atomic mass is 127. The average Bonchev–Trinajstić information content (AvgIpc) is 3.54. The van der Waals surface area contributed by atoms with Gasteiger partial charge in [-0.3, -0.25) is 0 Å². The summed E-state index contributed by atoms with van der Waals surface area (Å²) in [6.45, 7) is 16.3. The van der Waals surface area contributed by atoms with Gasteiger partial charge in [0.15, 0.2) is 0 Å². The van der Waals surface area contributed by atoms with Gasteiger partial charge in [0.1, 0.15) is 0 Å². The number of hydrogen-bond donors (Lipinski definition) is 4. The van der Waals surface area contributed by atoms with E-state index in [2.05, 4.69) is 140 Å². The zero-order valence-corrected chi connectivity index (χ0v) is 29.3. The molecule has 2 heterocycles. The first-order chi connectivity index (χ1) is 21.3. The average molecular weight is 709 g/mol. The molecule has 0 saturated carbocycles. The Morgan fingerprint density at radius 3 is 2.02 bits per heavy atom. The molecule has 6 heteroatoms. The molecule has 0 spiro atoms. The van der Waals surface area contributed by atoms with Crippen LogP contribution in [0.4, 0.5) is 10.5 Å². The summed E-state index contributed by atoms with van der Waals surface area (Å²) in [6.07, 6.45) is 1.99. The van der Waals surface area contributed by atoms with Crippen LogP contribution in [0.1, 0.15) is 83.6 Å². The molecular formula is C39H41IN4O. The predicted molar refractivity (Wildman–Crippen MR) is 200 cm³/mol. The Kier molecular flexibility index (Phi) is 8.11. The zero-order valence-electron chi connectivity index (χ0n) is 27.2. The van der Waals surface area contributed by atoms with Gasteiger partial charge in [-0.2, -0.15) is 0 Å². The maximum Gasteiger partial charge on any atom is 0.319 e. The summed E-state index contributed by atoms with van der Waals surface area (Å²) in [7, 11) is 0. The molecule has 230 valence electrons. The minimum Gasteiger partial charge on any atom is -0.352 e. The fraction of sp³-hybridized carbons (Fsp3) is 0.308. The van der Waals surface area contributed by atoms with E-state index in [4.69, 9.17) is 0 Å². The van der Waals surface area contributed by atoms with Crippen LogP contribution in [0, 0.1) is 15.4 Å². The molecule has 0 radical (unpaired) electrons. The highest BCUT2D eigenvalue weighted by Gasteiger charge is 2.21. The van der Waals surface area contributed by atoms with E-state index >= 15 is 0 Å². The van der Waals surface area contributed by atoms with Crippen LogP contribution in [-0.2, 0) is 10.8 Å². The fourth-order valence-electron chi connectivity index (χ4n) is 5.83. The number of fused-ring (bicyclic) bond motifs is 7. The summed E-state index contributed by atoms with van der Waals surface area (Å²) in [5.74, 6) is 6.86. The van der Waals surface area contributed by atoms with Crippen LogP contribution < -0.4 is 10.6 Å². The number of rotatable bonds is 4. The molecule has 2 aromatic heterocycles. The Labute approximate surface area is 279 Å². The molecule has 0 aliphatic rings. The zero-order chi connectivity index (χ0) is 32.1. The van der Waals surface area contributed by atoms with Crippen molar-refractivity contribution in [3.05, 3.63) is 86.5 Å². The van der Waals surface area contributed by atoms with E-state index in [9.17, 15) is 4.79 Å². The van der Waals surface area contributed by atoms with Crippen LogP contribution in [0.5, 0.6) is 0 Å². The number of aromatic nitrogens is 2. The largest absolute Gasteiger partial charge is 0.352 e. The van der Waals surface area contributed by atoms with Crippen molar-refractivity contribution in [2.75, 3.05) is 11.9 Å². The molecule has 0 unspecified atom stereocenters. The summed E-state index contributed by atoms with van der Waals surface area (Å²) in [6, 6.07) is 21.2. The second-order valence-corrected chi connectivity index (χ2v) is 15.2. The minimum absolute atomic E-state index is 0.0477. The van der Waals surface area contributed by atoms with Crippen molar-refractivity contribution >= 4 is 77.9 Å². The number of halogens is 1. The number of H-pyrrole nitrogens is 2. The number of anilines is 1. The van der Waals surface area contributed by atoms with Crippen LogP contribution in [-0.4, -0.2) is 22.5 Å². The number of hydrogen-bond acceptors (Lipinski definition) is 1. The lowest BCUT2D eigenvalue weighted by atomic mass is 9.85. The Morgan fingerprint density at radius 2 is 1.38 bits per heavy atom. The van der Waals surface area contributed by atoms with E-state index < -0.39 is 0 Å². The number of unbranched alkanes of at least 4 members (excludes halogenated alkanes) is 1. The maximum atomic E-state index is 12.3. The molecule has 6 aromatic rings. The lowest BCUT2D eigenvalue weighted by Crippen LogP contribution is -2.29. The summed E-state index contributed by atoms with van der Waals surface area (Å²) in [4.78, 5) is 19.9. The lowest BCUT2D eigenvalue weighted by molar-refractivity contribution is 0.252. The first-order valence-electron chi connectivity index (χ1n) is 15.7. The first kappa shape index (κ1) is 31.0. The van der Waals surface area contributed by atoms with Gasteiger partial charge in [0.2, 0.25) is 0 Å². The third kappa shape index (κ3) is 6.15. The fourth-order valence-corrected chi connectivity index (χ4v) is 6.59. The van der Waals surface area contributed by atoms with Crippen LogP contribution >= 0.6 is 22.6 Å². The van der Waals surface area contributed by atoms with E-state index in [1.165, 1.54) is 41.8 Å². The summed E-state index contributed by atoms with van der Waals surface area (Å²) in [5, 5.41) is 10.7. The lowest BCUT2D eigenvalue weighted by Gasteiger charge is -2.19. The molecule has 4 N–H and O–H groups in total. The highest BCUT2D eigenvalue weighted by molar-refractivity contribution is 14.1. The number of benzene rings is 4. The highest BCUT2D eigenvalue weighted by Crippen LogP contribution is 2.40. The van der Waals surface area contributed by atoms with Crippen molar-refractivity contribution in [3.8, 4) is 11.8 Å². The Morgan fingerprint density at radius 1 is 0.756 bits per heavy atom. The van der Waals surface area contributed by atoms with Crippen molar-refractivity contribution in [1.29, 1.82) is 0 Å². The van der Waals surface area contributed by atoms with Gasteiger partial charge in [0, 0.05) is 48.5 Å². The van der Waals surface area contributed by atoms with Gasteiger partial charge in [-0.15, -0.1) is 0 Å². The Hall–Kier alpha value is -3.96. The Bertz CT molecular complexity index is 2160. The van der Waals surface area contributed by atoms with Gasteiger partial charge in [0.25, 0.3) is 0 Å². The number of carbonyl (C=O) groups is 1. The standard InChI is InChI=1S/C39H41IN4O/c1-8-9-17-41-37(45)42-27-12-10-11-23(18-27)13-14-24-19-25(38(2,3)4)20-30-28-15-16-29-31-21-26(39(5,6)7)22-32(40)34(31)44-36(29)35(28)43-33(24)30/h10-12,15-16,18-22,43-44H,8-9,17H2,1-7H3,(H2,41,42,45). The predicted octanol–water partition coefficient (Wildman–Crippen LogP) is 10.5. The van der Waals surface area contributed by atoms with Crippen molar-refractivity contribution in [2.45, 2.75) is 72.1 Å². The number of amides is 2. The van der Waals surface area contributed by atoms with E-state index in [0.29, 0.717) is 6.54 Å². The van der Waals surface area contributed by atoms with E-state index in [-0.39, 0.29) is 16.9 Å². The van der Waals surface area contributed by atoms with E-state index in [0.717, 1.165) is 46.2 Å². The number of carbonyl (C=O) groups excluding carboxylic acids is 1. The topological polar surface area (TPSA) is 72.7 Å². The molecule has 0 saturated heterocycles. The smallest absolute Gasteiger partial charge is 0.319 e. The molecule has 2 amide bonds. The minimum atomic E-state index is -0.196. The molecule has 5 nitrogen and oxygen atoms in total. The Balaban J connectivity index is 1.48. The van der Waals surface area contributed by atoms with Gasteiger partial charge in [0.05, 0.1) is 22.1 Å². The van der Waals surface area contributed by atoms with Gasteiger partial charge < -0.3 is 20.6 Å². The van der Waals surface area contributed by atoms with Crippen molar-refractivity contribution in [2.24, 2.45) is 0 Å². The second-order valence-electron chi connectivity index (χ2n) is 14.1. The number of aromatic amines is 2. The summed E-state index contributed by atoms with van der Waals surface area (Å²) >= 11 is 2.46. The van der Waals surface area contributed by atoms with Crippen LogP contribution in [0.3, 0.4) is 0 Å².